The molecule has 0 aromatic heterocycles. The van der Waals surface area contributed by atoms with Crippen molar-refractivity contribution in [3.8, 4) is 0 Å². The van der Waals surface area contributed by atoms with E-state index >= 15 is 0 Å². The van der Waals surface area contributed by atoms with Gasteiger partial charge in [0.15, 0.2) is 0 Å². The molecule has 1 fully saturated rings. The van der Waals surface area contributed by atoms with Gasteiger partial charge in [0, 0.05) is 0 Å². The molecule has 16 heavy (non-hydrogen) atoms. The van der Waals surface area contributed by atoms with Gasteiger partial charge in [0.05, 0.1) is 26.2 Å². The van der Waals surface area contributed by atoms with Gasteiger partial charge in [0.2, 0.25) is 0 Å². The zero-order chi connectivity index (χ0) is 11.1. The van der Waals surface area contributed by atoms with E-state index in [2.05, 4.69) is 25.3 Å². The lowest BCUT2D eigenvalue weighted by Gasteiger charge is -2.24. The van der Waals surface area contributed by atoms with E-state index in [0.717, 1.165) is 26.2 Å². The number of nitrogens with one attached hydrogen (secondary N) is 1. The third-order valence-corrected chi connectivity index (χ3v) is 2.88. The topological polar surface area (TPSA) is 43.2 Å². The van der Waals surface area contributed by atoms with Gasteiger partial charge in [-0.05, 0) is 25.9 Å². The maximum Gasteiger partial charge on any atom is 0.104 e. The molecule has 0 aromatic rings. The minimum atomic E-state index is 0.921. The van der Waals surface area contributed by atoms with Gasteiger partial charge in [0.1, 0.15) is 12.7 Å². The predicted molar refractivity (Wildman–Crippen MR) is 66.9 cm³/mol. The van der Waals surface area contributed by atoms with E-state index in [0.29, 0.717) is 0 Å². The second-order valence-electron chi connectivity index (χ2n) is 4.18. The van der Waals surface area contributed by atoms with Gasteiger partial charge < -0.3 is 5.32 Å². The summed E-state index contributed by atoms with van der Waals surface area (Å²) in [4.78, 5) is 8.21. The van der Waals surface area contributed by atoms with Crippen molar-refractivity contribution in [1.29, 1.82) is 0 Å². The number of hydrazine groups is 1. The highest BCUT2D eigenvalue weighted by molar-refractivity contribution is 5.64. The van der Waals surface area contributed by atoms with Gasteiger partial charge >= 0.3 is 0 Å². The van der Waals surface area contributed by atoms with Crippen LogP contribution in [-0.4, -0.2) is 62.0 Å². The van der Waals surface area contributed by atoms with Crippen molar-refractivity contribution < 1.29 is 0 Å². The molecule has 0 unspecified atom stereocenters. The first-order chi connectivity index (χ1) is 7.97. The maximum absolute atomic E-state index is 4.11. The van der Waals surface area contributed by atoms with Crippen molar-refractivity contribution in [2.75, 3.05) is 39.3 Å². The van der Waals surface area contributed by atoms with E-state index in [-0.39, 0.29) is 0 Å². The number of nitrogens with zero attached hydrogens (tertiary/aromatic N) is 4. The summed E-state index contributed by atoms with van der Waals surface area (Å²) in [6, 6.07) is 0. The highest BCUT2D eigenvalue weighted by Gasteiger charge is 2.14. The van der Waals surface area contributed by atoms with E-state index in [4.69, 9.17) is 0 Å². The number of rotatable bonds is 1. The fourth-order valence-electron chi connectivity index (χ4n) is 1.93. The van der Waals surface area contributed by atoms with Crippen LogP contribution in [-0.2, 0) is 0 Å². The van der Waals surface area contributed by atoms with Crippen LogP contribution in [0.5, 0.6) is 0 Å². The molecule has 0 spiro atoms. The SMILES string of the molecule is C1=NCCN1N1C=NCC1.C1CCNCC1. The van der Waals surface area contributed by atoms with Crippen LogP contribution in [0.2, 0.25) is 0 Å². The third kappa shape index (κ3) is 3.48. The fraction of sp³-hybridized carbons (Fsp3) is 0.818. The van der Waals surface area contributed by atoms with Crippen molar-refractivity contribution in [2.24, 2.45) is 9.98 Å². The molecule has 5 heteroatoms. The molecule has 3 aliphatic rings. The van der Waals surface area contributed by atoms with E-state index < -0.39 is 0 Å². The summed E-state index contributed by atoms with van der Waals surface area (Å²) >= 11 is 0. The predicted octanol–water partition coefficient (Wildman–Crippen LogP) is 0.349. The second kappa shape index (κ2) is 6.48. The molecule has 0 saturated carbocycles. The van der Waals surface area contributed by atoms with Gasteiger partial charge in [-0.3, -0.25) is 20.0 Å². The summed E-state index contributed by atoms with van der Waals surface area (Å²) in [5, 5.41) is 7.47. The fourth-order valence-corrected chi connectivity index (χ4v) is 1.93. The average molecular weight is 223 g/mol. The molecule has 1 saturated heterocycles. The maximum atomic E-state index is 4.11. The van der Waals surface area contributed by atoms with Crippen LogP contribution in [0.3, 0.4) is 0 Å². The van der Waals surface area contributed by atoms with Crippen LogP contribution in [0, 0.1) is 0 Å². The monoisotopic (exact) mass is 223 g/mol. The number of hydrogen-bond acceptors (Lipinski definition) is 5. The molecule has 3 rings (SSSR count). The first-order valence-electron chi connectivity index (χ1n) is 6.20. The van der Waals surface area contributed by atoms with Gasteiger partial charge in [-0.2, -0.15) is 0 Å². The molecular formula is C11H21N5. The molecule has 3 heterocycles. The van der Waals surface area contributed by atoms with E-state index in [1.807, 2.05) is 12.7 Å². The molecule has 0 aliphatic carbocycles. The zero-order valence-electron chi connectivity index (χ0n) is 9.81. The van der Waals surface area contributed by atoms with Crippen LogP contribution in [0.1, 0.15) is 19.3 Å². The van der Waals surface area contributed by atoms with Crippen molar-refractivity contribution in [3.05, 3.63) is 0 Å². The lowest BCUT2D eigenvalue weighted by atomic mass is 10.2. The van der Waals surface area contributed by atoms with Gasteiger partial charge in [-0.15, -0.1) is 0 Å². The van der Waals surface area contributed by atoms with Crippen molar-refractivity contribution in [1.82, 2.24) is 15.3 Å². The van der Waals surface area contributed by atoms with E-state index in [1.54, 1.807) is 0 Å². The van der Waals surface area contributed by atoms with E-state index in [1.165, 1.54) is 32.4 Å². The zero-order valence-corrected chi connectivity index (χ0v) is 9.81. The standard InChI is InChI=1S/C6H10N4.C5H11N/c1-3-9(5-7-1)10-4-2-8-6-10;1-2-4-6-5-3-1/h5-6H,1-4H2;6H,1-5H2. The number of piperidine rings is 1. The summed E-state index contributed by atoms with van der Waals surface area (Å²) < 4.78 is 0. The summed E-state index contributed by atoms with van der Waals surface area (Å²) in [5.41, 5.74) is 0. The Morgan fingerprint density at radius 3 is 1.62 bits per heavy atom. The first-order valence-corrected chi connectivity index (χ1v) is 6.20. The molecular weight excluding hydrogens is 202 g/mol. The summed E-state index contributed by atoms with van der Waals surface area (Å²) in [6.07, 6.45) is 7.96. The second-order valence-corrected chi connectivity index (χ2v) is 4.18. The summed E-state index contributed by atoms with van der Waals surface area (Å²) in [7, 11) is 0. The molecule has 0 amide bonds. The molecule has 0 aromatic carbocycles. The van der Waals surface area contributed by atoms with Crippen LogP contribution >= 0.6 is 0 Å². The van der Waals surface area contributed by atoms with Crippen molar-refractivity contribution in [2.45, 2.75) is 19.3 Å². The van der Waals surface area contributed by atoms with Crippen LogP contribution < -0.4 is 5.32 Å². The Hall–Kier alpha value is -1.10. The Morgan fingerprint density at radius 2 is 1.38 bits per heavy atom. The molecule has 0 bridgehead atoms. The first kappa shape index (κ1) is 11.4. The number of aliphatic imine (C=N–C) groups is 2. The lowest BCUT2D eigenvalue weighted by Crippen LogP contribution is -2.38. The van der Waals surface area contributed by atoms with Gasteiger partial charge in [-0.1, -0.05) is 6.42 Å². The lowest BCUT2D eigenvalue weighted by molar-refractivity contribution is 0.176. The van der Waals surface area contributed by atoms with Gasteiger partial charge in [0.25, 0.3) is 0 Å². The Kier molecular flexibility index (Phi) is 4.61. The Morgan fingerprint density at radius 1 is 0.812 bits per heavy atom. The molecule has 90 valence electrons. The van der Waals surface area contributed by atoms with Crippen molar-refractivity contribution >= 4 is 12.7 Å². The minimum absolute atomic E-state index is 0.921. The number of hydrogen-bond donors (Lipinski definition) is 1. The molecule has 0 radical (unpaired) electrons. The van der Waals surface area contributed by atoms with Crippen LogP contribution in [0.25, 0.3) is 0 Å². The minimum Gasteiger partial charge on any atom is -0.317 e. The summed E-state index contributed by atoms with van der Waals surface area (Å²) in [5.74, 6) is 0. The van der Waals surface area contributed by atoms with Crippen LogP contribution in [0.4, 0.5) is 0 Å². The largest absolute Gasteiger partial charge is 0.317 e. The summed E-state index contributed by atoms with van der Waals surface area (Å²) in [6.45, 7) is 6.35. The average Bonchev–Trinajstić information content (AvgIpc) is 3.05. The molecule has 3 aliphatic heterocycles. The Labute approximate surface area is 97.2 Å². The quantitative estimate of drug-likeness (QED) is 0.697. The smallest absolute Gasteiger partial charge is 0.104 e. The molecule has 0 atom stereocenters. The highest BCUT2D eigenvalue weighted by atomic mass is 15.6. The Bertz CT molecular complexity index is 215. The van der Waals surface area contributed by atoms with Crippen LogP contribution in [0.15, 0.2) is 9.98 Å². The Balaban J connectivity index is 0.000000138. The molecule has 5 nitrogen and oxygen atoms in total. The molecule has 1 N–H and O–H groups in total. The van der Waals surface area contributed by atoms with Crippen molar-refractivity contribution in [3.63, 3.8) is 0 Å². The highest BCUT2D eigenvalue weighted by Crippen LogP contribution is 2.01. The van der Waals surface area contributed by atoms with Gasteiger partial charge in [-0.25, -0.2) is 0 Å². The normalized spacial score (nSPS) is 23.5. The van der Waals surface area contributed by atoms with E-state index in [9.17, 15) is 0 Å². The third-order valence-electron chi connectivity index (χ3n) is 2.88.